The largest absolute Gasteiger partial charge is 0.344 e. The molecular formula is C22H40N4O5. The lowest BCUT2D eigenvalue weighted by Gasteiger charge is -2.38. The van der Waals surface area contributed by atoms with Crippen molar-refractivity contribution in [2.24, 2.45) is 11.8 Å². The van der Waals surface area contributed by atoms with Crippen LogP contribution in [0.1, 0.15) is 85.5 Å². The predicted molar refractivity (Wildman–Crippen MR) is 117 cm³/mol. The Bertz CT molecular complexity index is 613. The summed E-state index contributed by atoms with van der Waals surface area (Å²) < 4.78 is 0. The minimum atomic E-state index is -0.747. The van der Waals surface area contributed by atoms with Crippen LogP contribution in [0.25, 0.3) is 0 Å². The van der Waals surface area contributed by atoms with Crippen LogP contribution in [0.4, 0.5) is 0 Å². The maximum Gasteiger partial charge on any atom is 0.245 e. The normalized spacial score (nSPS) is 19.3. The third kappa shape index (κ3) is 8.22. The molecule has 0 aromatic carbocycles. The van der Waals surface area contributed by atoms with E-state index in [1.807, 2.05) is 13.8 Å². The predicted octanol–water partition coefficient (Wildman–Crippen LogP) is 2.08. The van der Waals surface area contributed by atoms with Crippen LogP contribution in [-0.2, 0) is 19.2 Å². The van der Waals surface area contributed by atoms with Crippen molar-refractivity contribution in [2.75, 3.05) is 6.54 Å². The van der Waals surface area contributed by atoms with E-state index in [1.54, 1.807) is 12.4 Å². The highest BCUT2D eigenvalue weighted by atomic mass is 16.5. The summed E-state index contributed by atoms with van der Waals surface area (Å²) in [6.45, 7) is 8.27. The van der Waals surface area contributed by atoms with Crippen molar-refractivity contribution in [3.63, 3.8) is 0 Å². The lowest BCUT2D eigenvalue weighted by molar-refractivity contribution is -0.152. The van der Waals surface area contributed by atoms with Gasteiger partial charge in [0.05, 0.1) is 6.04 Å². The summed E-state index contributed by atoms with van der Waals surface area (Å²) in [6.07, 6.45) is 5.30. The molecular weight excluding hydrogens is 400 g/mol. The number of carbonyl (C=O) groups excluding carboxylic acids is 4. The molecule has 0 unspecified atom stereocenters. The smallest absolute Gasteiger partial charge is 0.245 e. The Morgan fingerprint density at radius 1 is 1.16 bits per heavy atom. The molecule has 31 heavy (non-hydrogen) atoms. The first-order valence-electron chi connectivity index (χ1n) is 11.6. The van der Waals surface area contributed by atoms with Crippen molar-refractivity contribution in [1.29, 1.82) is 0 Å². The van der Waals surface area contributed by atoms with E-state index < -0.39 is 23.9 Å². The van der Waals surface area contributed by atoms with Gasteiger partial charge in [0.1, 0.15) is 6.04 Å². The minimum Gasteiger partial charge on any atom is -0.344 e. The second-order valence-corrected chi connectivity index (χ2v) is 8.40. The number of Topliss-reactive ketones (excluding diaryl/α,β-unsaturated/α-hetero) is 1. The summed E-state index contributed by atoms with van der Waals surface area (Å²) in [4.78, 5) is 50.5. The van der Waals surface area contributed by atoms with Gasteiger partial charge in [-0.25, -0.2) is 10.9 Å². The van der Waals surface area contributed by atoms with Gasteiger partial charge in [-0.05, 0) is 25.2 Å². The molecule has 9 nitrogen and oxygen atoms in total. The molecule has 4 N–H and O–H groups in total. The lowest BCUT2D eigenvalue weighted by atomic mass is 9.93. The zero-order valence-corrected chi connectivity index (χ0v) is 19.4. The van der Waals surface area contributed by atoms with Crippen LogP contribution in [0, 0.1) is 11.8 Å². The van der Waals surface area contributed by atoms with E-state index in [2.05, 4.69) is 17.7 Å². The topological polar surface area (TPSA) is 128 Å². The highest BCUT2D eigenvalue weighted by Gasteiger charge is 2.38. The molecule has 0 saturated carbocycles. The van der Waals surface area contributed by atoms with Crippen LogP contribution >= 0.6 is 0 Å². The molecule has 9 heteroatoms. The number of hydrogen-bond acceptors (Lipinski definition) is 6. The van der Waals surface area contributed by atoms with Gasteiger partial charge in [0.15, 0.2) is 5.78 Å². The second-order valence-electron chi connectivity index (χ2n) is 8.40. The van der Waals surface area contributed by atoms with Gasteiger partial charge in [0.25, 0.3) is 0 Å². The van der Waals surface area contributed by atoms with Gasteiger partial charge in [-0.3, -0.25) is 29.4 Å². The average molecular weight is 441 g/mol. The Balaban J connectivity index is 3.00. The van der Waals surface area contributed by atoms with E-state index in [-0.39, 0.29) is 29.9 Å². The Labute approximate surface area is 185 Å². The molecule has 4 atom stereocenters. The van der Waals surface area contributed by atoms with Crippen LogP contribution in [0.3, 0.4) is 0 Å². The number of hydrazine groups is 1. The molecule has 0 aromatic heterocycles. The molecule has 0 aliphatic carbocycles. The molecule has 1 saturated heterocycles. The molecule has 1 rings (SSSR count). The summed E-state index contributed by atoms with van der Waals surface area (Å²) in [5.74, 6) is -1.98. The van der Waals surface area contributed by atoms with Crippen LogP contribution in [0.2, 0.25) is 0 Å². The number of nitrogens with zero attached hydrogens (tertiary/aromatic N) is 1. The zero-order valence-electron chi connectivity index (χ0n) is 19.4. The van der Waals surface area contributed by atoms with Crippen molar-refractivity contribution >= 4 is 23.5 Å². The number of nitrogens with one attached hydrogen (secondary N) is 3. The molecule has 0 spiro atoms. The number of hydroxylamine groups is 1. The highest BCUT2D eigenvalue weighted by Crippen LogP contribution is 2.21. The fourth-order valence-electron chi connectivity index (χ4n) is 3.88. The van der Waals surface area contributed by atoms with Crippen molar-refractivity contribution in [3.8, 4) is 0 Å². The third-order valence-corrected chi connectivity index (χ3v) is 6.06. The summed E-state index contributed by atoms with van der Waals surface area (Å²) >= 11 is 0. The first-order chi connectivity index (χ1) is 14.8. The molecule has 3 amide bonds. The average Bonchev–Trinajstić information content (AvgIpc) is 2.80. The quantitative estimate of drug-likeness (QED) is 0.197. The Morgan fingerprint density at radius 2 is 1.87 bits per heavy atom. The maximum absolute atomic E-state index is 13.3. The number of amides is 3. The van der Waals surface area contributed by atoms with Crippen molar-refractivity contribution in [2.45, 2.75) is 97.6 Å². The van der Waals surface area contributed by atoms with Crippen LogP contribution in [0.15, 0.2) is 0 Å². The summed E-state index contributed by atoms with van der Waals surface area (Å²) in [5, 5.41) is 13.1. The molecule has 1 aliphatic heterocycles. The van der Waals surface area contributed by atoms with Gasteiger partial charge in [-0.2, -0.15) is 0 Å². The van der Waals surface area contributed by atoms with E-state index in [1.165, 1.54) is 5.01 Å². The standard InChI is InChI=1S/C22H40N4O5/c1-5-8-9-11-16(14-19(28)25-31)22(30)26-17(12-10-13-23-26)21(29)24-20(15(4)6-2)18(27)7-3/h15-17,20,23,31H,5-14H2,1-4H3,(H,24,29)(H,25,28)/t15-,16+,17-,20-/m0/s1. The SMILES string of the molecule is CCCCC[C@H](CC(=O)NO)C(=O)N1NCCC[C@H]1C(=O)N[C@H](C(=O)CC)[C@@H](C)CC. The zero-order chi connectivity index (χ0) is 23.4. The first-order valence-corrected chi connectivity index (χ1v) is 11.6. The van der Waals surface area contributed by atoms with Gasteiger partial charge in [-0.1, -0.05) is 53.4 Å². The van der Waals surface area contributed by atoms with E-state index in [4.69, 9.17) is 5.21 Å². The molecule has 1 heterocycles. The third-order valence-electron chi connectivity index (χ3n) is 6.06. The molecule has 1 aliphatic rings. The second kappa shape index (κ2) is 14.1. The van der Waals surface area contributed by atoms with Gasteiger partial charge in [0, 0.05) is 25.3 Å². The monoisotopic (exact) mass is 440 g/mol. The van der Waals surface area contributed by atoms with Gasteiger partial charge in [0.2, 0.25) is 17.7 Å². The minimum absolute atomic E-state index is 0.00727. The Morgan fingerprint density at radius 3 is 2.45 bits per heavy atom. The highest BCUT2D eigenvalue weighted by molar-refractivity contribution is 5.93. The summed E-state index contributed by atoms with van der Waals surface area (Å²) in [7, 11) is 0. The van der Waals surface area contributed by atoms with Gasteiger partial charge < -0.3 is 5.32 Å². The number of unbranched alkanes of at least 4 members (excludes halogenated alkanes) is 2. The van der Waals surface area contributed by atoms with E-state index in [9.17, 15) is 19.2 Å². The van der Waals surface area contributed by atoms with Crippen LogP contribution in [0.5, 0.6) is 0 Å². The Hall–Kier alpha value is -2.00. The summed E-state index contributed by atoms with van der Waals surface area (Å²) in [6, 6.07) is -1.33. The summed E-state index contributed by atoms with van der Waals surface area (Å²) in [5.41, 5.74) is 4.61. The van der Waals surface area contributed by atoms with Crippen LogP contribution < -0.4 is 16.2 Å². The lowest BCUT2D eigenvalue weighted by Crippen LogP contribution is -2.62. The number of rotatable bonds is 13. The number of carbonyl (C=O) groups is 4. The van der Waals surface area contributed by atoms with Gasteiger partial charge in [-0.15, -0.1) is 0 Å². The molecule has 0 radical (unpaired) electrons. The van der Waals surface area contributed by atoms with E-state index in [0.29, 0.717) is 25.8 Å². The Kier molecular flexibility index (Phi) is 12.3. The van der Waals surface area contributed by atoms with Crippen molar-refractivity contribution in [3.05, 3.63) is 0 Å². The fourth-order valence-corrected chi connectivity index (χ4v) is 3.88. The van der Waals surface area contributed by atoms with E-state index >= 15 is 0 Å². The molecule has 0 bridgehead atoms. The number of ketones is 1. The maximum atomic E-state index is 13.3. The van der Waals surface area contributed by atoms with Crippen LogP contribution in [-0.4, -0.2) is 52.3 Å². The fraction of sp³-hybridized carbons (Fsp3) is 0.818. The number of hydrogen-bond donors (Lipinski definition) is 4. The molecule has 0 aromatic rings. The van der Waals surface area contributed by atoms with Crippen molar-refractivity contribution < 1.29 is 24.4 Å². The molecule has 178 valence electrons. The van der Waals surface area contributed by atoms with Gasteiger partial charge >= 0.3 is 0 Å². The molecule has 1 fully saturated rings. The first kappa shape index (κ1) is 27.0. The van der Waals surface area contributed by atoms with Crippen molar-refractivity contribution in [1.82, 2.24) is 21.2 Å². The van der Waals surface area contributed by atoms with E-state index in [0.717, 1.165) is 32.1 Å².